The van der Waals surface area contributed by atoms with Crippen molar-refractivity contribution in [1.82, 2.24) is 4.98 Å². The zero-order valence-electron chi connectivity index (χ0n) is 18.7. The van der Waals surface area contributed by atoms with E-state index in [2.05, 4.69) is 56.9 Å². The molecule has 0 fully saturated rings. The Labute approximate surface area is 190 Å². The summed E-state index contributed by atoms with van der Waals surface area (Å²) in [5, 5.41) is 1.32. The fraction of sp³-hybridized carbons (Fsp3) is 0.148. The van der Waals surface area contributed by atoms with Crippen molar-refractivity contribution in [3.8, 4) is 33.5 Å². The van der Waals surface area contributed by atoms with Gasteiger partial charge in [-0.15, -0.1) is 0 Å². The van der Waals surface area contributed by atoms with Crippen LogP contribution in [-0.2, 0) is 9.84 Å². The summed E-state index contributed by atoms with van der Waals surface area (Å²) in [5.41, 5.74) is 6.93. The van der Waals surface area contributed by atoms with Crippen LogP contribution in [0.2, 0.25) is 19.6 Å². The van der Waals surface area contributed by atoms with Crippen LogP contribution in [0.25, 0.3) is 33.5 Å². The maximum absolute atomic E-state index is 12.9. The Morgan fingerprint density at radius 3 is 2.09 bits per heavy atom. The normalized spacial score (nSPS) is 14.1. The number of rotatable bonds is 3. The minimum atomic E-state index is -3.46. The molecule has 5 rings (SSSR count). The van der Waals surface area contributed by atoms with Crippen molar-refractivity contribution in [2.24, 2.45) is 0 Å². The number of hydrogen-bond acceptors (Lipinski definition) is 3. The summed E-state index contributed by atoms with van der Waals surface area (Å²) in [6, 6.07) is 23.6. The standard InChI is InChI=1S/C27H25NO2SSi/c1-18-9-11-19(12-10-18)22-16-24(28-17-27(22)32(2,3)4)20-13-14-26-23(15-20)21-7-5-6-8-25(21)31(26,29)30/h5-17H,1-4H3. The highest BCUT2D eigenvalue weighted by Crippen LogP contribution is 2.44. The number of fused-ring (bicyclic) bond motifs is 3. The van der Waals surface area contributed by atoms with Gasteiger partial charge >= 0.3 is 0 Å². The van der Waals surface area contributed by atoms with Gasteiger partial charge in [-0.1, -0.05) is 73.7 Å². The molecular formula is C27H25NO2SSi. The molecule has 0 unspecified atom stereocenters. The second-order valence-corrected chi connectivity index (χ2v) is 16.4. The summed E-state index contributed by atoms with van der Waals surface area (Å²) in [6.45, 7) is 9.09. The lowest BCUT2D eigenvalue weighted by atomic mass is 9.99. The molecule has 0 spiro atoms. The zero-order chi connectivity index (χ0) is 22.7. The van der Waals surface area contributed by atoms with Crippen LogP contribution in [0.1, 0.15) is 5.56 Å². The van der Waals surface area contributed by atoms with Gasteiger partial charge in [-0.05, 0) is 47.5 Å². The maximum Gasteiger partial charge on any atom is 0.207 e. The summed E-state index contributed by atoms with van der Waals surface area (Å²) in [7, 11) is -5.08. The summed E-state index contributed by atoms with van der Waals surface area (Å²) in [5.74, 6) is 0. The summed E-state index contributed by atoms with van der Waals surface area (Å²) in [4.78, 5) is 5.58. The number of aromatic nitrogens is 1. The van der Waals surface area contributed by atoms with E-state index in [-0.39, 0.29) is 0 Å². The molecule has 160 valence electrons. The highest BCUT2D eigenvalue weighted by atomic mass is 32.2. The van der Waals surface area contributed by atoms with Crippen LogP contribution in [0.3, 0.4) is 0 Å². The predicted octanol–water partition coefficient (Wildman–Crippen LogP) is 6.08. The smallest absolute Gasteiger partial charge is 0.207 e. The third kappa shape index (κ3) is 3.33. The number of aryl methyl sites for hydroxylation is 1. The molecule has 0 amide bonds. The van der Waals surface area contributed by atoms with E-state index in [1.807, 2.05) is 30.5 Å². The Hall–Kier alpha value is -3.02. The average Bonchev–Trinajstić information content (AvgIpc) is 3.00. The Kier molecular flexibility index (Phi) is 4.73. The van der Waals surface area contributed by atoms with Crippen molar-refractivity contribution in [2.45, 2.75) is 36.4 Å². The van der Waals surface area contributed by atoms with E-state index in [9.17, 15) is 8.42 Å². The molecular weight excluding hydrogens is 430 g/mol. The topological polar surface area (TPSA) is 47.0 Å². The highest BCUT2D eigenvalue weighted by molar-refractivity contribution is 7.92. The molecule has 1 aliphatic rings. The molecule has 0 saturated carbocycles. The third-order valence-electron chi connectivity index (χ3n) is 6.11. The minimum Gasteiger partial charge on any atom is -0.256 e. The molecule has 0 atom stereocenters. The van der Waals surface area contributed by atoms with Crippen molar-refractivity contribution in [1.29, 1.82) is 0 Å². The van der Waals surface area contributed by atoms with E-state index in [1.54, 1.807) is 18.2 Å². The van der Waals surface area contributed by atoms with Gasteiger partial charge in [-0.2, -0.15) is 0 Å². The molecule has 32 heavy (non-hydrogen) atoms. The number of sulfone groups is 1. The van der Waals surface area contributed by atoms with E-state index in [1.165, 1.54) is 21.9 Å². The molecule has 5 heteroatoms. The molecule has 0 radical (unpaired) electrons. The van der Waals surface area contributed by atoms with E-state index in [0.717, 1.165) is 22.4 Å². The van der Waals surface area contributed by atoms with Gasteiger partial charge in [0.25, 0.3) is 0 Å². The van der Waals surface area contributed by atoms with Crippen LogP contribution < -0.4 is 5.19 Å². The predicted molar refractivity (Wildman–Crippen MR) is 134 cm³/mol. The van der Waals surface area contributed by atoms with Gasteiger partial charge in [0.2, 0.25) is 9.84 Å². The zero-order valence-corrected chi connectivity index (χ0v) is 20.5. The van der Waals surface area contributed by atoms with Crippen LogP contribution in [0.5, 0.6) is 0 Å². The second kappa shape index (κ2) is 7.25. The minimum absolute atomic E-state index is 0.375. The van der Waals surface area contributed by atoms with Gasteiger partial charge in [0.1, 0.15) is 0 Å². The number of hydrogen-bond donors (Lipinski definition) is 0. The fourth-order valence-electron chi connectivity index (χ4n) is 4.36. The number of benzene rings is 3. The first-order valence-electron chi connectivity index (χ1n) is 10.7. The maximum atomic E-state index is 12.9. The van der Waals surface area contributed by atoms with Gasteiger partial charge in [0.15, 0.2) is 0 Å². The molecule has 3 aromatic carbocycles. The Morgan fingerprint density at radius 1 is 0.719 bits per heavy atom. The van der Waals surface area contributed by atoms with E-state index < -0.39 is 17.9 Å². The van der Waals surface area contributed by atoms with Gasteiger partial charge < -0.3 is 0 Å². The van der Waals surface area contributed by atoms with Gasteiger partial charge in [-0.3, -0.25) is 4.98 Å². The lowest BCUT2D eigenvalue weighted by Crippen LogP contribution is -2.39. The molecule has 4 aromatic rings. The van der Waals surface area contributed by atoms with Gasteiger partial charge in [0, 0.05) is 22.9 Å². The first-order valence-corrected chi connectivity index (χ1v) is 15.7. The van der Waals surface area contributed by atoms with Crippen LogP contribution in [0, 0.1) is 6.92 Å². The van der Waals surface area contributed by atoms with Crippen molar-refractivity contribution in [3.63, 3.8) is 0 Å². The van der Waals surface area contributed by atoms with Crippen molar-refractivity contribution in [2.75, 3.05) is 0 Å². The molecule has 2 heterocycles. The lowest BCUT2D eigenvalue weighted by molar-refractivity contribution is 0.598. The van der Waals surface area contributed by atoms with Crippen LogP contribution in [0.4, 0.5) is 0 Å². The first-order chi connectivity index (χ1) is 15.2. The molecule has 1 aromatic heterocycles. The van der Waals surface area contributed by atoms with Crippen LogP contribution in [-0.4, -0.2) is 21.5 Å². The van der Waals surface area contributed by atoms with E-state index >= 15 is 0 Å². The van der Waals surface area contributed by atoms with Crippen LogP contribution >= 0.6 is 0 Å². The Balaban J connectivity index is 1.69. The van der Waals surface area contributed by atoms with Gasteiger partial charge in [-0.25, -0.2) is 8.42 Å². The largest absolute Gasteiger partial charge is 0.256 e. The van der Waals surface area contributed by atoms with Crippen molar-refractivity contribution >= 4 is 23.1 Å². The third-order valence-corrected chi connectivity index (χ3v) is 9.99. The number of nitrogens with zero attached hydrogens (tertiary/aromatic N) is 1. The fourth-order valence-corrected chi connectivity index (χ4v) is 7.50. The van der Waals surface area contributed by atoms with Crippen molar-refractivity contribution in [3.05, 3.63) is 84.6 Å². The van der Waals surface area contributed by atoms with Crippen LogP contribution in [0.15, 0.2) is 88.8 Å². The molecule has 0 bridgehead atoms. The molecule has 0 N–H and O–H groups in total. The van der Waals surface area contributed by atoms with E-state index in [4.69, 9.17) is 4.98 Å². The SMILES string of the molecule is Cc1ccc(-c2cc(-c3ccc4c(c3)-c3ccccc3S4(=O)=O)ncc2[Si](C)(C)C)cc1. The molecule has 0 aliphatic carbocycles. The monoisotopic (exact) mass is 455 g/mol. The second-order valence-electron chi connectivity index (χ2n) is 9.44. The number of pyridine rings is 1. The lowest BCUT2D eigenvalue weighted by Gasteiger charge is -2.22. The van der Waals surface area contributed by atoms with E-state index in [0.29, 0.717) is 9.79 Å². The first kappa shape index (κ1) is 20.9. The Bertz CT molecular complexity index is 1470. The summed E-state index contributed by atoms with van der Waals surface area (Å²) >= 11 is 0. The summed E-state index contributed by atoms with van der Waals surface area (Å²) in [6.07, 6.45) is 2.02. The quantitative estimate of drug-likeness (QED) is 0.310. The highest BCUT2D eigenvalue weighted by Gasteiger charge is 2.32. The van der Waals surface area contributed by atoms with Crippen molar-refractivity contribution < 1.29 is 8.42 Å². The molecule has 0 saturated heterocycles. The Morgan fingerprint density at radius 2 is 1.38 bits per heavy atom. The molecule has 1 aliphatic heterocycles. The summed E-state index contributed by atoms with van der Waals surface area (Å²) < 4.78 is 25.9. The molecule has 3 nitrogen and oxygen atoms in total. The van der Waals surface area contributed by atoms with Gasteiger partial charge in [0.05, 0.1) is 23.6 Å². The average molecular weight is 456 g/mol.